The number of rotatable bonds is 6. The SMILES string of the molecule is CC(=O)NCCNC(=O)CN1CCOC(c2ccc(F)cc2)C1. The van der Waals surface area contributed by atoms with Gasteiger partial charge >= 0.3 is 0 Å². The Morgan fingerprint density at radius 3 is 2.65 bits per heavy atom. The van der Waals surface area contributed by atoms with Crippen molar-refractivity contribution in [2.24, 2.45) is 0 Å². The fourth-order valence-corrected chi connectivity index (χ4v) is 2.42. The van der Waals surface area contributed by atoms with Crippen molar-refractivity contribution in [3.63, 3.8) is 0 Å². The minimum absolute atomic E-state index is 0.0879. The Hall–Kier alpha value is -1.99. The summed E-state index contributed by atoms with van der Waals surface area (Å²) in [6.45, 7) is 4.33. The van der Waals surface area contributed by atoms with Crippen molar-refractivity contribution in [3.8, 4) is 0 Å². The topological polar surface area (TPSA) is 70.7 Å². The Balaban J connectivity index is 1.76. The van der Waals surface area contributed by atoms with E-state index in [1.54, 1.807) is 12.1 Å². The zero-order chi connectivity index (χ0) is 16.7. The molecule has 1 atom stereocenters. The molecule has 2 amide bonds. The van der Waals surface area contributed by atoms with E-state index in [4.69, 9.17) is 4.74 Å². The number of hydrogen-bond donors (Lipinski definition) is 2. The Labute approximate surface area is 135 Å². The van der Waals surface area contributed by atoms with E-state index in [1.807, 2.05) is 4.90 Å². The zero-order valence-corrected chi connectivity index (χ0v) is 13.2. The van der Waals surface area contributed by atoms with Gasteiger partial charge in [-0.3, -0.25) is 14.5 Å². The van der Waals surface area contributed by atoms with Crippen molar-refractivity contribution in [3.05, 3.63) is 35.6 Å². The molecule has 2 N–H and O–H groups in total. The van der Waals surface area contributed by atoms with Crippen LogP contribution in [0.3, 0.4) is 0 Å². The lowest BCUT2D eigenvalue weighted by atomic mass is 10.1. The lowest BCUT2D eigenvalue weighted by molar-refractivity contribution is -0.124. The molecule has 1 aliphatic rings. The van der Waals surface area contributed by atoms with Crippen molar-refractivity contribution < 1.29 is 18.7 Å². The monoisotopic (exact) mass is 323 g/mol. The summed E-state index contributed by atoms with van der Waals surface area (Å²) in [4.78, 5) is 24.6. The van der Waals surface area contributed by atoms with E-state index >= 15 is 0 Å². The van der Waals surface area contributed by atoms with Crippen LogP contribution in [-0.2, 0) is 14.3 Å². The molecule has 1 aromatic carbocycles. The number of nitrogens with one attached hydrogen (secondary N) is 2. The van der Waals surface area contributed by atoms with Gasteiger partial charge in [0.15, 0.2) is 0 Å². The molecular formula is C16H22FN3O3. The minimum atomic E-state index is -0.278. The highest BCUT2D eigenvalue weighted by atomic mass is 19.1. The fourth-order valence-electron chi connectivity index (χ4n) is 2.42. The first kappa shape index (κ1) is 17.4. The molecule has 6 nitrogen and oxygen atoms in total. The Morgan fingerprint density at radius 2 is 1.96 bits per heavy atom. The maximum absolute atomic E-state index is 13.0. The van der Waals surface area contributed by atoms with Gasteiger partial charge in [-0.2, -0.15) is 0 Å². The summed E-state index contributed by atoms with van der Waals surface area (Å²) in [5.74, 6) is -0.482. The van der Waals surface area contributed by atoms with Gasteiger partial charge in [-0.05, 0) is 17.7 Å². The first-order chi connectivity index (χ1) is 11.0. The number of amides is 2. The summed E-state index contributed by atoms with van der Waals surface area (Å²) < 4.78 is 18.7. The average molecular weight is 323 g/mol. The third-order valence-electron chi connectivity index (χ3n) is 3.58. The van der Waals surface area contributed by atoms with E-state index < -0.39 is 0 Å². The minimum Gasteiger partial charge on any atom is -0.371 e. The van der Waals surface area contributed by atoms with Gasteiger partial charge in [-0.25, -0.2) is 4.39 Å². The fraction of sp³-hybridized carbons (Fsp3) is 0.500. The molecular weight excluding hydrogens is 301 g/mol. The molecule has 1 heterocycles. The lowest BCUT2D eigenvalue weighted by Gasteiger charge is -2.32. The molecule has 1 fully saturated rings. The second-order valence-electron chi connectivity index (χ2n) is 5.48. The number of benzene rings is 1. The molecule has 0 aromatic heterocycles. The van der Waals surface area contributed by atoms with Gasteiger partial charge in [0.05, 0.1) is 19.3 Å². The molecule has 2 rings (SSSR count). The van der Waals surface area contributed by atoms with Crippen molar-refractivity contribution in [1.29, 1.82) is 0 Å². The second kappa shape index (κ2) is 8.59. The lowest BCUT2D eigenvalue weighted by Crippen LogP contribution is -2.45. The van der Waals surface area contributed by atoms with Crippen LogP contribution in [0.25, 0.3) is 0 Å². The molecule has 0 aliphatic carbocycles. The molecule has 7 heteroatoms. The second-order valence-corrected chi connectivity index (χ2v) is 5.48. The molecule has 1 saturated heterocycles. The van der Waals surface area contributed by atoms with Crippen LogP contribution in [-0.4, -0.2) is 56.0 Å². The molecule has 1 aliphatic heterocycles. The third-order valence-corrected chi connectivity index (χ3v) is 3.58. The highest BCUT2D eigenvalue weighted by Gasteiger charge is 2.23. The van der Waals surface area contributed by atoms with Crippen LogP contribution in [0.5, 0.6) is 0 Å². The number of nitrogens with zero attached hydrogens (tertiary/aromatic N) is 1. The molecule has 0 saturated carbocycles. The van der Waals surface area contributed by atoms with E-state index in [2.05, 4.69) is 10.6 Å². The average Bonchev–Trinajstić information content (AvgIpc) is 2.52. The summed E-state index contributed by atoms with van der Waals surface area (Å²) in [6.07, 6.45) is -0.156. The van der Waals surface area contributed by atoms with E-state index in [0.717, 1.165) is 5.56 Å². The van der Waals surface area contributed by atoms with Crippen LogP contribution >= 0.6 is 0 Å². The Morgan fingerprint density at radius 1 is 1.26 bits per heavy atom. The summed E-state index contributed by atoms with van der Waals surface area (Å²) in [6, 6.07) is 6.23. The normalized spacial score (nSPS) is 18.4. The number of hydrogen-bond acceptors (Lipinski definition) is 4. The number of carbonyl (C=O) groups excluding carboxylic acids is 2. The van der Waals surface area contributed by atoms with Gasteiger partial charge in [-0.1, -0.05) is 12.1 Å². The van der Waals surface area contributed by atoms with Gasteiger partial charge in [-0.15, -0.1) is 0 Å². The summed E-state index contributed by atoms with van der Waals surface area (Å²) in [5, 5.41) is 5.38. The standard InChI is InChI=1S/C16H22FN3O3/c1-12(21)18-6-7-19-16(22)11-20-8-9-23-15(10-20)13-2-4-14(17)5-3-13/h2-5,15H,6-11H2,1H3,(H,18,21)(H,19,22). The number of halogens is 1. The Kier molecular flexibility index (Phi) is 6.49. The number of carbonyl (C=O) groups is 2. The van der Waals surface area contributed by atoms with Crippen molar-refractivity contribution in [2.45, 2.75) is 13.0 Å². The predicted molar refractivity (Wildman–Crippen MR) is 83.2 cm³/mol. The summed E-state index contributed by atoms with van der Waals surface area (Å²) in [5.41, 5.74) is 0.905. The van der Waals surface area contributed by atoms with Crippen LogP contribution in [0.1, 0.15) is 18.6 Å². The quantitative estimate of drug-likeness (QED) is 0.746. The summed E-state index contributed by atoms with van der Waals surface area (Å²) >= 11 is 0. The largest absolute Gasteiger partial charge is 0.371 e. The molecule has 126 valence electrons. The van der Waals surface area contributed by atoms with Crippen LogP contribution in [0.15, 0.2) is 24.3 Å². The zero-order valence-electron chi connectivity index (χ0n) is 13.2. The van der Waals surface area contributed by atoms with E-state index in [1.165, 1.54) is 19.1 Å². The van der Waals surface area contributed by atoms with Crippen molar-refractivity contribution in [1.82, 2.24) is 15.5 Å². The van der Waals surface area contributed by atoms with Gasteiger partial charge < -0.3 is 15.4 Å². The molecule has 0 bridgehead atoms. The van der Waals surface area contributed by atoms with Crippen LogP contribution < -0.4 is 10.6 Å². The first-order valence-electron chi connectivity index (χ1n) is 7.65. The van der Waals surface area contributed by atoms with Crippen molar-refractivity contribution >= 4 is 11.8 Å². The highest BCUT2D eigenvalue weighted by Crippen LogP contribution is 2.22. The first-order valence-corrected chi connectivity index (χ1v) is 7.65. The van der Waals surface area contributed by atoms with E-state index in [0.29, 0.717) is 32.8 Å². The maximum Gasteiger partial charge on any atom is 0.234 e. The number of morpholine rings is 1. The van der Waals surface area contributed by atoms with Gasteiger partial charge in [0.2, 0.25) is 11.8 Å². The third kappa shape index (κ3) is 5.96. The molecule has 23 heavy (non-hydrogen) atoms. The van der Waals surface area contributed by atoms with E-state index in [9.17, 15) is 14.0 Å². The van der Waals surface area contributed by atoms with E-state index in [-0.39, 0.29) is 30.3 Å². The maximum atomic E-state index is 13.0. The van der Waals surface area contributed by atoms with Gasteiger partial charge in [0.1, 0.15) is 5.82 Å². The highest BCUT2D eigenvalue weighted by molar-refractivity contribution is 5.78. The van der Waals surface area contributed by atoms with Crippen LogP contribution in [0, 0.1) is 5.82 Å². The smallest absolute Gasteiger partial charge is 0.234 e. The summed E-state index contributed by atoms with van der Waals surface area (Å²) in [7, 11) is 0. The number of ether oxygens (including phenoxy) is 1. The molecule has 1 aromatic rings. The van der Waals surface area contributed by atoms with Crippen LogP contribution in [0.2, 0.25) is 0 Å². The van der Waals surface area contributed by atoms with Crippen molar-refractivity contribution in [2.75, 3.05) is 39.3 Å². The molecule has 1 unspecified atom stereocenters. The molecule has 0 spiro atoms. The van der Waals surface area contributed by atoms with Gasteiger partial charge in [0.25, 0.3) is 0 Å². The Bertz CT molecular complexity index is 536. The predicted octanol–water partition coefficient (Wildman–Crippen LogP) is 0.451. The van der Waals surface area contributed by atoms with Gasteiger partial charge in [0, 0.05) is 33.1 Å². The van der Waals surface area contributed by atoms with Crippen LogP contribution in [0.4, 0.5) is 4.39 Å². The molecule has 0 radical (unpaired) electrons.